The van der Waals surface area contributed by atoms with Crippen molar-refractivity contribution in [1.29, 1.82) is 0 Å². The molecule has 0 aromatic heterocycles. The molecule has 0 saturated heterocycles. The quantitative estimate of drug-likeness (QED) is 0.0827. The summed E-state index contributed by atoms with van der Waals surface area (Å²) in [6.45, 7) is 27.2. The standard InChI is InChI=1S/2C12H22O.3C12H20O.C12H18O/c6*1-10(2)6-7-11-4-3-5-12(8-11)9-13/h8,10,12-13H,3-7,9H2,1-2H3;6,11-13H,3-5,7-9H2,1-2H3;8-10,12H,3-7H2,1-2H3;6,9,11-12H,3-5,7-8H2,1-2H3;6,8,12-13H,3-5,7,9H2,1-2H3;6,8-9,12H,3-5,7H2,1-2H3. The van der Waals surface area contributed by atoms with E-state index < -0.39 is 0 Å². The molecule has 0 bridgehead atoms. The Labute approximate surface area is 481 Å². The van der Waals surface area contributed by atoms with Crippen molar-refractivity contribution in [2.75, 3.05) is 19.8 Å². The van der Waals surface area contributed by atoms with Crippen molar-refractivity contribution >= 4 is 18.9 Å². The lowest BCUT2D eigenvalue weighted by Gasteiger charge is -2.27. The molecule has 8 unspecified atom stereocenters. The first-order chi connectivity index (χ1) is 37.3. The van der Waals surface area contributed by atoms with Gasteiger partial charge in [0, 0.05) is 49.4 Å². The van der Waals surface area contributed by atoms with Crippen LogP contribution in [-0.2, 0) is 14.4 Å². The van der Waals surface area contributed by atoms with Gasteiger partial charge in [-0.05, 0) is 239 Å². The Hall–Kier alpha value is -3.19. The topological polar surface area (TPSA) is 112 Å². The van der Waals surface area contributed by atoms with Gasteiger partial charge in [0.25, 0.3) is 0 Å². The number of aldehydes is 3. The second kappa shape index (κ2) is 45.4. The smallest absolute Gasteiger partial charge is 0.126 e. The molecule has 0 heterocycles. The molecular weight excluding hydrogens is 961 g/mol. The summed E-state index contributed by atoms with van der Waals surface area (Å²) in [5.41, 5.74) is 11.6. The Bertz CT molecular complexity index is 1850. The van der Waals surface area contributed by atoms with Crippen molar-refractivity contribution in [3.8, 4) is 0 Å². The molecule has 8 atom stereocenters. The summed E-state index contributed by atoms with van der Waals surface area (Å²) in [6.07, 6.45) is 55.1. The summed E-state index contributed by atoms with van der Waals surface area (Å²) in [6, 6.07) is 0. The number of rotatable bonds is 20. The normalized spacial score (nSPS) is 24.6. The van der Waals surface area contributed by atoms with Gasteiger partial charge < -0.3 is 29.7 Å². The third kappa shape index (κ3) is 38.5. The summed E-state index contributed by atoms with van der Waals surface area (Å²) < 4.78 is 0. The predicted octanol–water partition coefficient (Wildman–Crippen LogP) is 19.3. The zero-order chi connectivity index (χ0) is 58.1. The van der Waals surface area contributed by atoms with Crippen molar-refractivity contribution in [3.05, 3.63) is 93.2 Å². The maximum Gasteiger partial charge on any atom is 0.126 e. The molecule has 3 N–H and O–H groups in total. The predicted molar refractivity (Wildman–Crippen MR) is 336 cm³/mol. The molecule has 6 rings (SSSR count). The maximum atomic E-state index is 10.6. The Kier molecular flexibility index (Phi) is 42.4. The summed E-state index contributed by atoms with van der Waals surface area (Å²) in [5.74, 6) is 5.40. The first-order valence-corrected chi connectivity index (χ1v) is 31.8. The van der Waals surface area contributed by atoms with Crippen molar-refractivity contribution in [3.63, 3.8) is 0 Å². The van der Waals surface area contributed by atoms with E-state index in [1.54, 1.807) is 5.57 Å². The van der Waals surface area contributed by atoms with Crippen LogP contribution in [0.1, 0.15) is 263 Å². The van der Waals surface area contributed by atoms with Crippen LogP contribution in [0.4, 0.5) is 0 Å². The number of allylic oxidation sites excluding steroid dienone is 14. The van der Waals surface area contributed by atoms with E-state index in [4.69, 9.17) is 15.3 Å². The van der Waals surface area contributed by atoms with Gasteiger partial charge in [-0.2, -0.15) is 0 Å². The summed E-state index contributed by atoms with van der Waals surface area (Å²) in [4.78, 5) is 31.8. The number of carbonyl (C=O) groups excluding carboxylic acids is 3. The summed E-state index contributed by atoms with van der Waals surface area (Å²) in [5, 5.41) is 27.1. The molecule has 2 fully saturated rings. The Morgan fingerprint density at radius 2 is 0.821 bits per heavy atom. The Morgan fingerprint density at radius 3 is 1.24 bits per heavy atom. The molecule has 0 spiro atoms. The average Bonchev–Trinajstić information content (AvgIpc) is 3.45. The van der Waals surface area contributed by atoms with Gasteiger partial charge in [0.1, 0.15) is 18.9 Å². The van der Waals surface area contributed by atoms with Gasteiger partial charge in [-0.25, -0.2) is 0 Å². The largest absolute Gasteiger partial charge is 0.396 e. The highest BCUT2D eigenvalue weighted by Gasteiger charge is 2.22. The van der Waals surface area contributed by atoms with Gasteiger partial charge in [-0.1, -0.05) is 147 Å². The molecule has 0 aromatic rings. The van der Waals surface area contributed by atoms with Gasteiger partial charge in [-0.15, -0.1) is 0 Å². The summed E-state index contributed by atoms with van der Waals surface area (Å²) in [7, 11) is 0. The molecule has 446 valence electrons. The number of aliphatic hydroxyl groups is 3. The van der Waals surface area contributed by atoms with E-state index in [9.17, 15) is 14.4 Å². The van der Waals surface area contributed by atoms with Crippen LogP contribution in [0.2, 0.25) is 0 Å². The van der Waals surface area contributed by atoms with Gasteiger partial charge in [0.05, 0.1) is 0 Å². The zero-order valence-corrected chi connectivity index (χ0v) is 52.6. The van der Waals surface area contributed by atoms with Crippen molar-refractivity contribution in [1.82, 2.24) is 0 Å². The fraction of sp³-hybridized carbons (Fsp3) is 0.736. The van der Waals surface area contributed by atoms with Gasteiger partial charge in [0.15, 0.2) is 0 Å². The van der Waals surface area contributed by atoms with Crippen LogP contribution >= 0.6 is 0 Å². The lowest BCUT2D eigenvalue weighted by Crippen LogP contribution is -2.17. The third-order valence-electron chi connectivity index (χ3n) is 16.4. The lowest BCUT2D eigenvalue weighted by molar-refractivity contribution is -0.112. The highest BCUT2D eigenvalue weighted by Crippen LogP contribution is 2.33. The SMILES string of the molecule is CC(C)=CCC1=CC(C=O)CCC1.CC(C)=CCC1=CC(CO)CCC1.CC(C)=CCC1CCCC(C=O)C1.CC(C)=CCC1CCCC(CO)C1.CC(C)CCC1=CC(C=O)CCC1.CC(C)CCC1=CC(CO)CCC1. The minimum Gasteiger partial charge on any atom is -0.396 e. The van der Waals surface area contributed by atoms with Gasteiger partial charge in [-0.3, -0.25) is 0 Å². The van der Waals surface area contributed by atoms with Crippen LogP contribution < -0.4 is 0 Å². The van der Waals surface area contributed by atoms with Crippen LogP contribution in [0.25, 0.3) is 0 Å². The Morgan fingerprint density at radius 1 is 0.436 bits per heavy atom. The Balaban J connectivity index is 0.000000468. The zero-order valence-electron chi connectivity index (χ0n) is 52.6. The van der Waals surface area contributed by atoms with Crippen molar-refractivity contribution < 1.29 is 29.7 Å². The molecular formula is C72H122O6. The number of aliphatic hydroxyl groups excluding tert-OH is 3. The highest BCUT2D eigenvalue weighted by atomic mass is 16.3. The van der Waals surface area contributed by atoms with Crippen LogP contribution in [0.15, 0.2) is 93.2 Å². The van der Waals surface area contributed by atoms with Gasteiger partial charge >= 0.3 is 0 Å². The van der Waals surface area contributed by atoms with Crippen LogP contribution in [-0.4, -0.2) is 54.0 Å². The molecule has 2 saturated carbocycles. The van der Waals surface area contributed by atoms with Crippen LogP contribution in [0.5, 0.6) is 0 Å². The maximum absolute atomic E-state index is 10.6. The molecule has 0 aliphatic heterocycles. The molecule has 78 heavy (non-hydrogen) atoms. The molecule has 0 radical (unpaired) electrons. The summed E-state index contributed by atoms with van der Waals surface area (Å²) >= 11 is 0. The van der Waals surface area contributed by atoms with E-state index in [-0.39, 0.29) is 11.8 Å². The first-order valence-electron chi connectivity index (χ1n) is 31.8. The van der Waals surface area contributed by atoms with Gasteiger partial charge in [0.2, 0.25) is 0 Å². The van der Waals surface area contributed by atoms with Crippen molar-refractivity contribution in [2.24, 2.45) is 59.2 Å². The third-order valence-corrected chi connectivity index (χ3v) is 16.4. The number of hydrogen-bond donors (Lipinski definition) is 3. The minimum absolute atomic E-state index is 0.189. The second-order valence-corrected chi connectivity index (χ2v) is 26.2. The first kappa shape index (κ1) is 72.8. The molecule has 0 amide bonds. The molecule has 0 aromatic carbocycles. The molecule has 6 heteroatoms. The minimum atomic E-state index is 0.189. The average molecular weight is 1080 g/mol. The number of hydrogen-bond acceptors (Lipinski definition) is 6. The van der Waals surface area contributed by atoms with E-state index in [0.29, 0.717) is 43.5 Å². The second-order valence-electron chi connectivity index (χ2n) is 26.2. The van der Waals surface area contributed by atoms with E-state index in [1.807, 2.05) is 0 Å². The molecule has 6 nitrogen and oxygen atoms in total. The van der Waals surface area contributed by atoms with E-state index in [1.165, 1.54) is 174 Å². The van der Waals surface area contributed by atoms with E-state index in [2.05, 4.69) is 132 Å². The number of carbonyl (C=O) groups is 3. The molecule has 6 aliphatic rings. The molecule has 6 aliphatic carbocycles. The fourth-order valence-corrected chi connectivity index (χ4v) is 11.4. The fourth-order valence-electron chi connectivity index (χ4n) is 11.4. The van der Waals surface area contributed by atoms with Crippen molar-refractivity contribution in [2.45, 2.75) is 263 Å². The van der Waals surface area contributed by atoms with Crippen LogP contribution in [0.3, 0.4) is 0 Å². The van der Waals surface area contributed by atoms with E-state index >= 15 is 0 Å². The monoisotopic (exact) mass is 1080 g/mol. The van der Waals surface area contributed by atoms with Crippen LogP contribution in [0, 0.1) is 59.2 Å². The lowest BCUT2D eigenvalue weighted by atomic mass is 9.80. The highest BCUT2D eigenvalue weighted by molar-refractivity contribution is 5.57. The van der Waals surface area contributed by atoms with E-state index in [0.717, 1.165) is 87.5 Å².